The molecule has 3 N–H and O–H groups in total. The highest BCUT2D eigenvalue weighted by atomic mass is 32.2. The third-order valence-corrected chi connectivity index (χ3v) is 8.79. The molecular weight excluding hydrogens is 516 g/mol. The lowest BCUT2D eigenvalue weighted by Gasteiger charge is -2.26. The van der Waals surface area contributed by atoms with E-state index >= 15 is 0 Å². The van der Waals surface area contributed by atoms with Crippen LogP contribution < -0.4 is 10.0 Å². The fraction of sp³-hybridized carbons (Fsp3) is 0.400. The van der Waals surface area contributed by atoms with Crippen molar-refractivity contribution in [3.05, 3.63) is 74.9 Å². The molecule has 2 aromatic heterocycles. The van der Waals surface area contributed by atoms with Crippen LogP contribution in [-0.4, -0.2) is 61.2 Å². The fourth-order valence-electron chi connectivity index (χ4n) is 4.87. The number of nitrogens with zero attached hydrogens (tertiary/aromatic N) is 2. The molecule has 1 aliphatic carbocycles. The Balaban J connectivity index is 1.36. The van der Waals surface area contributed by atoms with Crippen molar-refractivity contribution in [1.82, 2.24) is 14.7 Å². The van der Waals surface area contributed by atoms with Gasteiger partial charge in [-0.15, -0.1) is 11.3 Å². The number of rotatable bonds is 8. The van der Waals surface area contributed by atoms with Gasteiger partial charge in [0.2, 0.25) is 5.78 Å². The standard InChI is InChI=1S/C25H28N4O6S2/c1-14-18(24-17-6-4-3-5-15(17)7-8-34-24)11-22(36-14)23(31)19-12-27-13-28-25(19)29-16-9-20(30)21(10-16)35-37(32,33)26-2/h3-6,11-13,16,20-21,24,26,30H,7-10H2,1-2H3,(H,27,28,29)/t16-,20+,21-,24+/m1/s1. The van der Waals surface area contributed by atoms with Gasteiger partial charge in [-0.25, -0.2) is 9.97 Å². The number of carbonyl (C=O) groups excluding carboxylic acids is 1. The summed E-state index contributed by atoms with van der Waals surface area (Å²) >= 11 is 1.40. The summed E-state index contributed by atoms with van der Waals surface area (Å²) in [4.78, 5) is 23.4. The topological polar surface area (TPSA) is 140 Å². The maximum Gasteiger partial charge on any atom is 0.335 e. The van der Waals surface area contributed by atoms with Crippen molar-refractivity contribution >= 4 is 33.2 Å². The van der Waals surface area contributed by atoms with E-state index in [0.29, 0.717) is 22.9 Å². The average molecular weight is 545 g/mol. The molecule has 3 heterocycles. The molecule has 196 valence electrons. The zero-order valence-electron chi connectivity index (χ0n) is 20.4. The maximum atomic E-state index is 13.6. The number of ether oxygens (including phenoxy) is 1. The van der Waals surface area contributed by atoms with Crippen LogP contribution in [-0.2, 0) is 25.6 Å². The molecule has 1 aromatic carbocycles. The van der Waals surface area contributed by atoms with E-state index in [0.717, 1.165) is 22.4 Å². The third kappa shape index (κ3) is 5.44. The Hall–Kier alpha value is -2.74. The van der Waals surface area contributed by atoms with Crippen LogP contribution in [0.1, 0.15) is 55.7 Å². The first kappa shape index (κ1) is 25.9. The summed E-state index contributed by atoms with van der Waals surface area (Å²) in [5.74, 6) is 0.0943. The van der Waals surface area contributed by atoms with Crippen LogP contribution in [0.3, 0.4) is 0 Å². The largest absolute Gasteiger partial charge is 0.390 e. The van der Waals surface area contributed by atoms with E-state index in [1.807, 2.05) is 25.1 Å². The predicted octanol–water partition coefficient (Wildman–Crippen LogP) is 2.52. The molecule has 12 heteroatoms. The lowest BCUT2D eigenvalue weighted by molar-refractivity contribution is 0.0636. The molecule has 1 fully saturated rings. The monoisotopic (exact) mass is 544 g/mol. The number of aliphatic hydroxyl groups excluding tert-OH is 1. The number of aryl methyl sites for hydroxylation is 1. The number of nitrogens with one attached hydrogen (secondary N) is 2. The fourth-order valence-corrected chi connectivity index (χ4v) is 6.50. The highest BCUT2D eigenvalue weighted by Crippen LogP contribution is 2.38. The zero-order chi connectivity index (χ0) is 26.2. The summed E-state index contributed by atoms with van der Waals surface area (Å²) in [7, 11) is -2.71. The first-order valence-electron chi connectivity index (χ1n) is 12.0. The van der Waals surface area contributed by atoms with Gasteiger partial charge in [-0.3, -0.25) is 8.98 Å². The summed E-state index contributed by atoms with van der Waals surface area (Å²) in [6.07, 6.45) is 2.01. The van der Waals surface area contributed by atoms with Gasteiger partial charge >= 0.3 is 10.3 Å². The molecule has 0 amide bonds. The summed E-state index contributed by atoms with van der Waals surface area (Å²) in [6, 6.07) is 9.75. The van der Waals surface area contributed by atoms with E-state index in [1.165, 1.54) is 36.5 Å². The predicted molar refractivity (Wildman–Crippen MR) is 138 cm³/mol. The quantitative estimate of drug-likeness (QED) is 0.365. The molecule has 10 nitrogen and oxygen atoms in total. The molecule has 2 aliphatic rings. The van der Waals surface area contributed by atoms with Crippen LogP contribution >= 0.6 is 11.3 Å². The van der Waals surface area contributed by atoms with Gasteiger partial charge in [-0.1, -0.05) is 24.3 Å². The smallest absolute Gasteiger partial charge is 0.335 e. The van der Waals surface area contributed by atoms with E-state index in [1.54, 1.807) is 0 Å². The number of fused-ring (bicyclic) bond motifs is 1. The SMILES string of the molecule is CNS(=O)(=O)O[C@@H]1C[C@H](Nc2ncncc2C(=O)c2cc([C@H]3OCCc4ccccc43)c(C)s2)C[C@@H]1O. The van der Waals surface area contributed by atoms with Gasteiger partial charge in [-0.05, 0) is 48.9 Å². The van der Waals surface area contributed by atoms with Crippen molar-refractivity contribution in [3.8, 4) is 0 Å². The van der Waals surface area contributed by atoms with Crippen molar-refractivity contribution in [2.24, 2.45) is 0 Å². The number of anilines is 1. The molecule has 0 radical (unpaired) electrons. The Morgan fingerprint density at radius 3 is 2.86 bits per heavy atom. The highest BCUT2D eigenvalue weighted by molar-refractivity contribution is 7.84. The van der Waals surface area contributed by atoms with Crippen molar-refractivity contribution < 1.29 is 27.2 Å². The van der Waals surface area contributed by atoms with Crippen LogP contribution in [0.2, 0.25) is 0 Å². The molecule has 1 aliphatic heterocycles. The van der Waals surface area contributed by atoms with E-state index < -0.39 is 22.5 Å². The van der Waals surface area contributed by atoms with Crippen LogP contribution in [0.5, 0.6) is 0 Å². The normalized spacial score (nSPS) is 23.5. The number of hydrogen-bond acceptors (Lipinski definition) is 10. The van der Waals surface area contributed by atoms with Crippen molar-refractivity contribution in [3.63, 3.8) is 0 Å². The second kappa shape index (κ2) is 10.6. The van der Waals surface area contributed by atoms with Gasteiger partial charge in [0.1, 0.15) is 24.4 Å². The second-order valence-corrected chi connectivity index (χ2v) is 11.9. The summed E-state index contributed by atoms with van der Waals surface area (Å²) in [6.45, 7) is 2.60. The van der Waals surface area contributed by atoms with Crippen molar-refractivity contribution in [2.75, 3.05) is 19.0 Å². The summed E-state index contributed by atoms with van der Waals surface area (Å²) in [5.41, 5.74) is 3.64. The third-order valence-electron chi connectivity index (χ3n) is 6.73. The number of thiophene rings is 1. The maximum absolute atomic E-state index is 13.6. The molecule has 37 heavy (non-hydrogen) atoms. The number of carbonyl (C=O) groups is 1. The van der Waals surface area contributed by atoms with E-state index in [4.69, 9.17) is 8.92 Å². The number of aliphatic hydroxyl groups is 1. The van der Waals surface area contributed by atoms with Gasteiger partial charge in [0, 0.05) is 24.2 Å². The minimum Gasteiger partial charge on any atom is -0.390 e. The van der Waals surface area contributed by atoms with Gasteiger partial charge < -0.3 is 15.2 Å². The number of benzene rings is 1. The van der Waals surface area contributed by atoms with Crippen LogP contribution in [0, 0.1) is 6.92 Å². The second-order valence-electron chi connectivity index (χ2n) is 9.11. The molecule has 0 bridgehead atoms. The van der Waals surface area contributed by atoms with Crippen molar-refractivity contribution in [2.45, 2.75) is 50.5 Å². The Labute approximate surface area is 219 Å². The Morgan fingerprint density at radius 1 is 1.24 bits per heavy atom. The summed E-state index contributed by atoms with van der Waals surface area (Å²) in [5, 5.41) is 13.5. The van der Waals surface area contributed by atoms with E-state index in [9.17, 15) is 18.3 Å². The minimum atomic E-state index is -3.95. The van der Waals surface area contributed by atoms with Crippen molar-refractivity contribution in [1.29, 1.82) is 0 Å². The first-order chi connectivity index (χ1) is 17.8. The minimum absolute atomic E-state index is 0.223. The van der Waals surface area contributed by atoms with Gasteiger partial charge in [0.25, 0.3) is 0 Å². The zero-order valence-corrected chi connectivity index (χ0v) is 22.0. The number of ketones is 1. The molecular formula is C25H28N4O6S2. The summed E-state index contributed by atoms with van der Waals surface area (Å²) < 4.78 is 36.7. The highest BCUT2D eigenvalue weighted by Gasteiger charge is 2.37. The average Bonchev–Trinajstić information content (AvgIpc) is 3.44. The van der Waals surface area contributed by atoms with Gasteiger partial charge in [-0.2, -0.15) is 13.1 Å². The van der Waals surface area contributed by atoms with Gasteiger partial charge in [0.15, 0.2) is 0 Å². The van der Waals surface area contributed by atoms with E-state index in [-0.39, 0.29) is 30.8 Å². The molecule has 4 atom stereocenters. The number of hydrogen-bond donors (Lipinski definition) is 3. The molecule has 0 unspecified atom stereocenters. The Kier molecular flexibility index (Phi) is 7.39. The molecule has 3 aromatic rings. The Morgan fingerprint density at radius 2 is 2.05 bits per heavy atom. The lowest BCUT2D eigenvalue weighted by Crippen LogP contribution is -2.31. The molecule has 1 saturated carbocycles. The van der Waals surface area contributed by atoms with Crippen LogP contribution in [0.25, 0.3) is 0 Å². The Bertz CT molecular complexity index is 1410. The van der Waals surface area contributed by atoms with Crippen LogP contribution in [0.15, 0.2) is 42.9 Å². The number of aromatic nitrogens is 2. The van der Waals surface area contributed by atoms with Crippen LogP contribution in [0.4, 0.5) is 5.82 Å². The first-order valence-corrected chi connectivity index (χ1v) is 14.2. The lowest BCUT2D eigenvalue weighted by atomic mass is 9.93. The molecule has 0 saturated heterocycles. The molecule has 5 rings (SSSR count). The van der Waals surface area contributed by atoms with E-state index in [2.05, 4.69) is 32.1 Å². The molecule has 0 spiro atoms. The van der Waals surface area contributed by atoms with Gasteiger partial charge in [0.05, 0.1) is 23.2 Å².